The number of carbonyl (C=O) groups excluding carboxylic acids is 1. The standard InChI is InChI=1S/C31H26N4O3/c1-21-11-17-26(18-12-21)35-28(24-15-13-23(14-16-24)22-7-4-3-5-8-22)19-27(34-35)31(37)33-32-20-25-9-6-10-29(38-2)30(25)36/h3-20,36H,1-2H3,(H,33,37)/b32-20-. The van der Waals surface area contributed by atoms with E-state index in [1.54, 1.807) is 28.9 Å². The van der Waals surface area contributed by atoms with Crippen LogP contribution in [0, 0.1) is 6.92 Å². The molecule has 4 aromatic carbocycles. The van der Waals surface area contributed by atoms with E-state index >= 15 is 0 Å². The zero-order valence-electron chi connectivity index (χ0n) is 21.0. The van der Waals surface area contributed by atoms with Gasteiger partial charge in [-0.05, 0) is 48.4 Å². The summed E-state index contributed by atoms with van der Waals surface area (Å²) in [6, 6.07) is 33.0. The molecule has 188 valence electrons. The number of phenolic OH excluding ortho intramolecular Hbond substituents is 1. The topological polar surface area (TPSA) is 88.7 Å². The lowest BCUT2D eigenvalue weighted by atomic mass is 10.0. The van der Waals surface area contributed by atoms with Crippen LogP contribution < -0.4 is 10.2 Å². The summed E-state index contributed by atoms with van der Waals surface area (Å²) in [4.78, 5) is 13.0. The van der Waals surface area contributed by atoms with E-state index in [0.29, 0.717) is 11.3 Å². The SMILES string of the molecule is COc1cccc(/C=N\NC(=O)c2cc(-c3ccc(-c4ccccc4)cc3)n(-c3ccc(C)cc3)n2)c1O. The Kier molecular flexibility index (Phi) is 6.99. The Balaban J connectivity index is 1.45. The van der Waals surface area contributed by atoms with Gasteiger partial charge in [0.15, 0.2) is 17.2 Å². The summed E-state index contributed by atoms with van der Waals surface area (Å²) in [5, 5.41) is 18.8. The third-order valence-electron chi connectivity index (χ3n) is 6.13. The monoisotopic (exact) mass is 502 g/mol. The summed E-state index contributed by atoms with van der Waals surface area (Å²) < 4.78 is 6.86. The molecule has 0 aliphatic carbocycles. The molecule has 38 heavy (non-hydrogen) atoms. The van der Waals surface area contributed by atoms with Crippen molar-refractivity contribution in [3.8, 4) is 39.6 Å². The molecule has 0 spiro atoms. The normalized spacial score (nSPS) is 11.0. The van der Waals surface area contributed by atoms with Crippen LogP contribution in [0.1, 0.15) is 21.6 Å². The highest BCUT2D eigenvalue weighted by molar-refractivity contribution is 5.94. The second-order valence-corrected chi connectivity index (χ2v) is 8.70. The van der Waals surface area contributed by atoms with Crippen molar-refractivity contribution in [1.82, 2.24) is 15.2 Å². The Morgan fingerprint density at radius 1 is 0.895 bits per heavy atom. The third kappa shape index (κ3) is 5.17. The van der Waals surface area contributed by atoms with Crippen molar-refractivity contribution in [3.05, 3.63) is 120 Å². The Hall–Kier alpha value is -5.17. The van der Waals surface area contributed by atoms with E-state index < -0.39 is 5.91 Å². The van der Waals surface area contributed by atoms with Gasteiger partial charge in [-0.25, -0.2) is 10.1 Å². The van der Waals surface area contributed by atoms with Crippen LogP contribution in [0.2, 0.25) is 0 Å². The molecule has 0 fully saturated rings. The number of amides is 1. The number of aryl methyl sites for hydroxylation is 1. The van der Waals surface area contributed by atoms with E-state index in [2.05, 4.69) is 39.9 Å². The molecule has 0 saturated carbocycles. The Bertz CT molecular complexity index is 1590. The van der Waals surface area contributed by atoms with Crippen LogP contribution >= 0.6 is 0 Å². The van der Waals surface area contributed by atoms with E-state index in [0.717, 1.165) is 33.6 Å². The van der Waals surface area contributed by atoms with Gasteiger partial charge in [0.05, 0.1) is 24.7 Å². The van der Waals surface area contributed by atoms with Crippen molar-refractivity contribution in [1.29, 1.82) is 0 Å². The second-order valence-electron chi connectivity index (χ2n) is 8.70. The molecule has 0 saturated heterocycles. The summed E-state index contributed by atoms with van der Waals surface area (Å²) in [5.41, 5.74) is 9.00. The number of aromatic hydroxyl groups is 1. The molecular weight excluding hydrogens is 476 g/mol. The van der Waals surface area contributed by atoms with Gasteiger partial charge in [-0.2, -0.15) is 10.2 Å². The lowest BCUT2D eigenvalue weighted by Gasteiger charge is -2.09. The Morgan fingerprint density at radius 3 is 2.29 bits per heavy atom. The summed E-state index contributed by atoms with van der Waals surface area (Å²) in [6.45, 7) is 2.02. The van der Waals surface area contributed by atoms with Crippen LogP contribution in [0.5, 0.6) is 11.5 Å². The van der Waals surface area contributed by atoms with Crippen molar-refractivity contribution in [2.75, 3.05) is 7.11 Å². The van der Waals surface area contributed by atoms with E-state index in [1.165, 1.54) is 13.3 Å². The molecule has 1 aromatic heterocycles. The van der Waals surface area contributed by atoms with Gasteiger partial charge >= 0.3 is 0 Å². The van der Waals surface area contributed by atoms with Crippen LogP contribution in [0.3, 0.4) is 0 Å². The number of rotatable bonds is 7. The van der Waals surface area contributed by atoms with Crippen molar-refractivity contribution >= 4 is 12.1 Å². The fourth-order valence-electron chi connectivity index (χ4n) is 4.07. The molecule has 7 heteroatoms. The van der Waals surface area contributed by atoms with Gasteiger partial charge in [0.2, 0.25) is 0 Å². The first-order valence-electron chi connectivity index (χ1n) is 12.1. The van der Waals surface area contributed by atoms with Crippen molar-refractivity contribution in [3.63, 3.8) is 0 Å². The number of aromatic nitrogens is 2. The number of carbonyl (C=O) groups is 1. The molecular formula is C31H26N4O3. The molecule has 0 aliphatic heterocycles. The minimum absolute atomic E-state index is 0.0575. The number of hydrogen-bond acceptors (Lipinski definition) is 5. The Morgan fingerprint density at radius 2 is 1.58 bits per heavy atom. The maximum Gasteiger partial charge on any atom is 0.291 e. The summed E-state index contributed by atoms with van der Waals surface area (Å²) in [6.07, 6.45) is 1.36. The molecule has 0 unspecified atom stereocenters. The van der Waals surface area contributed by atoms with Gasteiger partial charge < -0.3 is 9.84 Å². The van der Waals surface area contributed by atoms with E-state index in [9.17, 15) is 9.90 Å². The maximum absolute atomic E-state index is 13.0. The predicted molar refractivity (Wildman–Crippen MR) is 149 cm³/mol. The summed E-state index contributed by atoms with van der Waals surface area (Å²) in [7, 11) is 1.47. The fraction of sp³-hybridized carbons (Fsp3) is 0.0645. The molecule has 0 radical (unpaired) electrons. The largest absolute Gasteiger partial charge is 0.504 e. The fourth-order valence-corrected chi connectivity index (χ4v) is 4.07. The number of para-hydroxylation sites is 1. The van der Waals surface area contributed by atoms with Crippen LogP contribution in [0.15, 0.2) is 108 Å². The molecule has 0 aliphatic rings. The van der Waals surface area contributed by atoms with Crippen LogP contribution in [-0.2, 0) is 0 Å². The zero-order chi connectivity index (χ0) is 26.5. The lowest BCUT2D eigenvalue weighted by Crippen LogP contribution is -2.18. The quantitative estimate of drug-likeness (QED) is 0.211. The number of ether oxygens (including phenoxy) is 1. The molecule has 0 atom stereocenters. The Labute approximate surface area is 220 Å². The van der Waals surface area contributed by atoms with Crippen LogP contribution in [-0.4, -0.2) is 34.1 Å². The second kappa shape index (κ2) is 10.8. The predicted octanol–water partition coefficient (Wildman–Crippen LogP) is 5.99. The van der Waals surface area contributed by atoms with Crippen LogP contribution in [0.4, 0.5) is 0 Å². The minimum atomic E-state index is -0.475. The molecule has 5 rings (SSSR count). The van der Waals surface area contributed by atoms with Crippen molar-refractivity contribution in [2.45, 2.75) is 6.92 Å². The minimum Gasteiger partial charge on any atom is -0.504 e. The van der Waals surface area contributed by atoms with Crippen LogP contribution in [0.25, 0.3) is 28.1 Å². The number of hydrazone groups is 1. The van der Waals surface area contributed by atoms with Crippen molar-refractivity contribution < 1.29 is 14.6 Å². The van der Waals surface area contributed by atoms with Gasteiger partial charge in [-0.1, -0.05) is 78.4 Å². The lowest BCUT2D eigenvalue weighted by molar-refractivity contribution is 0.0949. The average molecular weight is 503 g/mol. The van der Waals surface area contributed by atoms with E-state index in [-0.39, 0.29) is 11.4 Å². The summed E-state index contributed by atoms with van der Waals surface area (Å²) in [5.74, 6) is -0.213. The first-order valence-corrected chi connectivity index (χ1v) is 12.1. The smallest absolute Gasteiger partial charge is 0.291 e. The summed E-state index contributed by atoms with van der Waals surface area (Å²) >= 11 is 0. The average Bonchev–Trinajstić information content (AvgIpc) is 3.40. The number of benzene rings is 4. The van der Waals surface area contributed by atoms with E-state index in [1.807, 2.05) is 61.5 Å². The maximum atomic E-state index is 13.0. The molecule has 5 aromatic rings. The van der Waals surface area contributed by atoms with Gasteiger partial charge in [0, 0.05) is 11.1 Å². The molecule has 2 N–H and O–H groups in total. The molecule has 1 heterocycles. The zero-order valence-corrected chi connectivity index (χ0v) is 21.0. The molecule has 7 nitrogen and oxygen atoms in total. The van der Waals surface area contributed by atoms with Gasteiger partial charge in [-0.3, -0.25) is 4.79 Å². The molecule has 0 bridgehead atoms. The highest BCUT2D eigenvalue weighted by Gasteiger charge is 2.17. The number of nitrogens with one attached hydrogen (secondary N) is 1. The number of hydrogen-bond donors (Lipinski definition) is 2. The van der Waals surface area contributed by atoms with Gasteiger partial charge in [0.1, 0.15) is 0 Å². The number of phenols is 1. The highest BCUT2D eigenvalue weighted by atomic mass is 16.5. The van der Waals surface area contributed by atoms with Gasteiger partial charge in [0.25, 0.3) is 5.91 Å². The third-order valence-corrected chi connectivity index (χ3v) is 6.13. The number of nitrogens with zero attached hydrogens (tertiary/aromatic N) is 3. The number of methoxy groups -OCH3 is 1. The molecule has 1 amide bonds. The van der Waals surface area contributed by atoms with Crippen molar-refractivity contribution in [2.24, 2.45) is 5.10 Å². The highest BCUT2D eigenvalue weighted by Crippen LogP contribution is 2.29. The first-order chi connectivity index (χ1) is 18.5. The van der Waals surface area contributed by atoms with Gasteiger partial charge in [-0.15, -0.1) is 0 Å². The van der Waals surface area contributed by atoms with E-state index in [4.69, 9.17) is 4.74 Å². The first kappa shape index (κ1) is 24.5.